The van der Waals surface area contributed by atoms with E-state index in [4.69, 9.17) is 10.3 Å². The smallest absolute Gasteiger partial charge is 0.0919 e. The van der Waals surface area contributed by atoms with E-state index in [0.717, 1.165) is 18.9 Å². The predicted molar refractivity (Wildman–Crippen MR) is 49.3 cm³/mol. The molecule has 0 aromatic rings. The predicted octanol–water partition coefficient (Wildman–Crippen LogP) is 2.65. The summed E-state index contributed by atoms with van der Waals surface area (Å²) < 4.78 is 5.43. The van der Waals surface area contributed by atoms with E-state index in [2.05, 4.69) is 10.0 Å². The van der Waals surface area contributed by atoms with Gasteiger partial charge in [-0.05, 0) is 37.1 Å². The number of azide groups is 1. The molecule has 0 radical (unpaired) electrons. The lowest BCUT2D eigenvalue weighted by atomic mass is 10.0. The Morgan fingerprint density at radius 2 is 2.46 bits per heavy atom. The van der Waals surface area contributed by atoms with Crippen molar-refractivity contribution in [1.82, 2.24) is 0 Å². The highest BCUT2D eigenvalue weighted by Crippen LogP contribution is 2.47. The van der Waals surface area contributed by atoms with E-state index in [1.54, 1.807) is 0 Å². The van der Waals surface area contributed by atoms with E-state index in [9.17, 15) is 0 Å². The molecule has 72 valence electrons. The average molecular weight is 181 g/mol. The van der Waals surface area contributed by atoms with Crippen molar-refractivity contribution in [3.63, 3.8) is 0 Å². The standard InChI is InChI=1S/C9H15N3O/c10-12-11-5-1-2-8-3-4-9(6-8)7-13-9/h8H,1-7H2. The molecule has 2 rings (SSSR count). The summed E-state index contributed by atoms with van der Waals surface area (Å²) in [5, 5.41) is 3.53. The van der Waals surface area contributed by atoms with Crippen molar-refractivity contribution in [2.24, 2.45) is 11.0 Å². The molecule has 1 aliphatic carbocycles. The van der Waals surface area contributed by atoms with E-state index >= 15 is 0 Å². The van der Waals surface area contributed by atoms with Crippen LogP contribution < -0.4 is 0 Å². The second kappa shape index (κ2) is 3.56. The second-order valence-electron chi connectivity index (χ2n) is 4.18. The first-order chi connectivity index (χ1) is 6.35. The van der Waals surface area contributed by atoms with Gasteiger partial charge in [0.15, 0.2) is 0 Å². The van der Waals surface area contributed by atoms with Crippen LogP contribution in [0.25, 0.3) is 10.4 Å². The highest BCUT2D eigenvalue weighted by molar-refractivity contribution is 4.99. The highest BCUT2D eigenvalue weighted by atomic mass is 16.6. The summed E-state index contributed by atoms with van der Waals surface area (Å²) in [5.74, 6) is 0.816. The maximum Gasteiger partial charge on any atom is 0.0919 e. The van der Waals surface area contributed by atoms with Crippen LogP contribution in [0.2, 0.25) is 0 Å². The van der Waals surface area contributed by atoms with Crippen LogP contribution in [0.15, 0.2) is 5.11 Å². The molecule has 1 saturated heterocycles. The third-order valence-corrected chi connectivity index (χ3v) is 3.16. The van der Waals surface area contributed by atoms with Crippen LogP contribution in [0.3, 0.4) is 0 Å². The van der Waals surface area contributed by atoms with Gasteiger partial charge < -0.3 is 4.74 Å². The summed E-state index contributed by atoms with van der Waals surface area (Å²) in [6.45, 7) is 1.64. The van der Waals surface area contributed by atoms with E-state index in [0.29, 0.717) is 12.1 Å². The summed E-state index contributed by atoms with van der Waals surface area (Å²) >= 11 is 0. The van der Waals surface area contributed by atoms with Crippen LogP contribution in [0.1, 0.15) is 32.1 Å². The lowest BCUT2D eigenvalue weighted by Crippen LogP contribution is -2.04. The van der Waals surface area contributed by atoms with Crippen LogP contribution in [0.4, 0.5) is 0 Å². The fourth-order valence-corrected chi connectivity index (χ4v) is 2.30. The molecule has 1 aliphatic heterocycles. The van der Waals surface area contributed by atoms with Crippen LogP contribution in [0.5, 0.6) is 0 Å². The number of hydrogen-bond acceptors (Lipinski definition) is 2. The van der Waals surface area contributed by atoms with Gasteiger partial charge in [0.1, 0.15) is 0 Å². The van der Waals surface area contributed by atoms with Crippen molar-refractivity contribution >= 4 is 0 Å². The zero-order chi connectivity index (χ0) is 9.15. The van der Waals surface area contributed by atoms with Crippen molar-refractivity contribution in [2.45, 2.75) is 37.7 Å². The van der Waals surface area contributed by atoms with E-state index in [-0.39, 0.29) is 0 Å². The first-order valence-corrected chi connectivity index (χ1v) is 4.99. The number of epoxide rings is 1. The van der Waals surface area contributed by atoms with Gasteiger partial charge in [-0.25, -0.2) is 0 Å². The molecular weight excluding hydrogens is 166 g/mol. The molecule has 4 heteroatoms. The van der Waals surface area contributed by atoms with Gasteiger partial charge in [0.25, 0.3) is 0 Å². The Morgan fingerprint density at radius 3 is 3.08 bits per heavy atom. The van der Waals surface area contributed by atoms with Gasteiger partial charge in [0.2, 0.25) is 0 Å². The van der Waals surface area contributed by atoms with Crippen LogP contribution >= 0.6 is 0 Å². The number of nitrogens with zero attached hydrogens (tertiary/aromatic N) is 3. The first kappa shape index (κ1) is 8.85. The molecule has 1 saturated carbocycles. The van der Waals surface area contributed by atoms with Crippen LogP contribution in [0, 0.1) is 5.92 Å². The van der Waals surface area contributed by atoms with Gasteiger partial charge in [0.05, 0.1) is 12.2 Å². The van der Waals surface area contributed by atoms with Gasteiger partial charge in [-0.1, -0.05) is 11.5 Å². The minimum atomic E-state index is 0.309. The summed E-state index contributed by atoms with van der Waals surface area (Å²) in [5.41, 5.74) is 8.40. The van der Waals surface area contributed by atoms with E-state index < -0.39 is 0 Å². The molecule has 2 unspecified atom stereocenters. The molecule has 0 aromatic heterocycles. The average Bonchev–Trinajstić information content (AvgIpc) is 2.75. The molecule has 0 aromatic carbocycles. The summed E-state index contributed by atoms with van der Waals surface area (Å²) in [4.78, 5) is 2.74. The fraction of sp³-hybridized carbons (Fsp3) is 1.00. The zero-order valence-corrected chi connectivity index (χ0v) is 7.78. The molecule has 2 aliphatic rings. The minimum absolute atomic E-state index is 0.309. The molecule has 1 spiro atoms. The van der Waals surface area contributed by atoms with Gasteiger partial charge in [0, 0.05) is 11.5 Å². The first-order valence-electron chi connectivity index (χ1n) is 4.99. The second-order valence-corrected chi connectivity index (χ2v) is 4.18. The van der Waals surface area contributed by atoms with Gasteiger partial charge in [-0.3, -0.25) is 0 Å². The van der Waals surface area contributed by atoms with Gasteiger partial charge >= 0.3 is 0 Å². The largest absolute Gasteiger partial charge is 0.370 e. The minimum Gasteiger partial charge on any atom is -0.370 e. The Bertz CT molecular complexity index is 231. The molecule has 2 fully saturated rings. The molecule has 0 bridgehead atoms. The Balaban J connectivity index is 1.63. The Morgan fingerprint density at radius 1 is 1.62 bits per heavy atom. The Kier molecular flexibility index (Phi) is 2.42. The Labute approximate surface area is 77.9 Å². The zero-order valence-electron chi connectivity index (χ0n) is 7.78. The van der Waals surface area contributed by atoms with Crippen molar-refractivity contribution in [1.29, 1.82) is 0 Å². The topological polar surface area (TPSA) is 61.3 Å². The fourth-order valence-electron chi connectivity index (χ4n) is 2.30. The van der Waals surface area contributed by atoms with Crippen molar-refractivity contribution < 1.29 is 4.74 Å². The monoisotopic (exact) mass is 181 g/mol. The summed E-state index contributed by atoms with van der Waals surface area (Å²) in [6.07, 6.45) is 6.02. The molecule has 13 heavy (non-hydrogen) atoms. The van der Waals surface area contributed by atoms with Crippen molar-refractivity contribution in [2.75, 3.05) is 13.2 Å². The maximum atomic E-state index is 8.09. The highest BCUT2D eigenvalue weighted by Gasteiger charge is 2.49. The van der Waals surface area contributed by atoms with Crippen LogP contribution in [-0.4, -0.2) is 18.8 Å². The van der Waals surface area contributed by atoms with Gasteiger partial charge in [-0.2, -0.15) is 0 Å². The third kappa shape index (κ3) is 2.14. The molecule has 0 N–H and O–H groups in total. The lowest BCUT2D eigenvalue weighted by Gasteiger charge is -2.06. The number of ether oxygens (including phenoxy) is 1. The number of hydrogen-bond donors (Lipinski definition) is 0. The lowest BCUT2D eigenvalue weighted by molar-refractivity contribution is 0.299. The van der Waals surface area contributed by atoms with Crippen molar-refractivity contribution in [3.8, 4) is 0 Å². The molecule has 0 amide bonds. The Hall–Kier alpha value is -0.730. The molecule has 4 nitrogen and oxygen atoms in total. The SMILES string of the molecule is [N-]=[N+]=NCCCC1CCC2(CO2)C1. The van der Waals surface area contributed by atoms with Gasteiger partial charge in [-0.15, -0.1) is 0 Å². The molecule has 1 heterocycles. The molecule has 2 atom stereocenters. The van der Waals surface area contributed by atoms with E-state index in [1.165, 1.54) is 25.7 Å². The third-order valence-electron chi connectivity index (χ3n) is 3.16. The summed E-state index contributed by atoms with van der Waals surface area (Å²) in [6, 6.07) is 0. The van der Waals surface area contributed by atoms with Crippen molar-refractivity contribution in [3.05, 3.63) is 10.4 Å². The van der Waals surface area contributed by atoms with E-state index in [1.807, 2.05) is 0 Å². The quantitative estimate of drug-likeness (QED) is 0.216. The van der Waals surface area contributed by atoms with Crippen LogP contribution in [-0.2, 0) is 4.74 Å². The maximum absolute atomic E-state index is 8.09. The summed E-state index contributed by atoms with van der Waals surface area (Å²) in [7, 11) is 0. The normalized spacial score (nSPS) is 36.2. The molecular formula is C9H15N3O. The number of rotatable bonds is 4.